The Balaban J connectivity index is 1.89. The monoisotopic (exact) mass is 253 g/mol. The van der Waals surface area contributed by atoms with Crippen LogP contribution >= 0.6 is 0 Å². The summed E-state index contributed by atoms with van der Waals surface area (Å²) in [5, 5.41) is 0. The summed E-state index contributed by atoms with van der Waals surface area (Å²) in [7, 11) is 0. The topological polar surface area (TPSA) is 50.3 Å². The Hall–Kier alpha value is -1.07. The second kappa shape index (κ2) is 6.20. The van der Waals surface area contributed by atoms with E-state index in [2.05, 4.69) is 23.7 Å². The fourth-order valence-corrected chi connectivity index (χ4v) is 2.51. The van der Waals surface area contributed by atoms with E-state index in [1.54, 1.807) is 17.0 Å². The first-order chi connectivity index (χ1) is 8.66. The van der Waals surface area contributed by atoms with Gasteiger partial charge < -0.3 is 9.72 Å². The van der Waals surface area contributed by atoms with Gasteiger partial charge in [0.15, 0.2) is 0 Å². The molecule has 102 valence electrons. The number of imidazole rings is 1. The van der Waals surface area contributed by atoms with Crippen LogP contribution in [0.15, 0.2) is 17.2 Å². The molecule has 5 heteroatoms. The van der Waals surface area contributed by atoms with Gasteiger partial charge in [-0.2, -0.15) is 0 Å². The van der Waals surface area contributed by atoms with Crippen molar-refractivity contribution in [1.82, 2.24) is 14.5 Å². The maximum atomic E-state index is 11.4. The van der Waals surface area contributed by atoms with Crippen LogP contribution in [0.4, 0.5) is 0 Å². The highest BCUT2D eigenvalue weighted by Gasteiger charge is 2.23. The van der Waals surface area contributed by atoms with E-state index in [1.165, 1.54) is 0 Å². The Kier molecular flexibility index (Phi) is 4.60. The number of morpholine rings is 1. The number of rotatable bonds is 5. The maximum absolute atomic E-state index is 11.4. The van der Waals surface area contributed by atoms with Gasteiger partial charge >= 0.3 is 5.69 Å². The Morgan fingerprint density at radius 3 is 3.00 bits per heavy atom. The van der Waals surface area contributed by atoms with Crippen molar-refractivity contribution in [3.05, 3.63) is 22.9 Å². The van der Waals surface area contributed by atoms with E-state index >= 15 is 0 Å². The van der Waals surface area contributed by atoms with Gasteiger partial charge in [0.2, 0.25) is 0 Å². The molecule has 2 heterocycles. The van der Waals surface area contributed by atoms with Crippen molar-refractivity contribution in [2.75, 3.05) is 26.3 Å². The zero-order chi connectivity index (χ0) is 13.0. The van der Waals surface area contributed by atoms with Crippen molar-refractivity contribution >= 4 is 0 Å². The van der Waals surface area contributed by atoms with Crippen LogP contribution in [-0.4, -0.2) is 46.8 Å². The summed E-state index contributed by atoms with van der Waals surface area (Å²) in [4.78, 5) is 16.5. The number of nitrogens with one attached hydrogen (secondary N) is 1. The molecule has 1 aliphatic rings. The quantitative estimate of drug-likeness (QED) is 0.849. The highest BCUT2D eigenvalue weighted by atomic mass is 16.5. The third kappa shape index (κ3) is 3.46. The first-order valence-corrected chi connectivity index (χ1v) is 6.72. The standard InChI is InChI=1S/C13H23N3O2/c1-11(2)9-12-10-18-8-7-15(12)5-6-16-4-3-14-13(16)17/h3-4,11-12H,5-10H2,1-2H3,(H,14,17). The number of aromatic amines is 1. The summed E-state index contributed by atoms with van der Waals surface area (Å²) in [6.45, 7) is 8.73. The second-order valence-electron chi connectivity index (χ2n) is 5.35. The molecule has 0 spiro atoms. The van der Waals surface area contributed by atoms with E-state index < -0.39 is 0 Å². The van der Waals surface area contributed by atoms with Crippen molar-refractivity contribution in [1.29, 1.82) is 0 Å². The summed E-state index contributed by atoms with van der Waals surface area (Å²) in [5.74, 6) is 0.675. The van der Waals surface area contributed by atoms with Crippen LogP contribution < -0.4 is 5.69 Å². The molecule has 1 saturated heterocycles. The fourth-order valence-electron chi connectivity index (χ4n) is 2.51. The van der Waals surface area contributed by atoms with Crippen LogP contribution in [0.3, 0.4) is 0 Å². The third-order valence-corrected chi connectivity index (χ3v) is 3.44. The van der Waals surface area contributed by atoms with Crippen molar-refractivity contribution < 1.29 is 4.74 Å². The zero-order valence-electron chi connectivity index (χ0n) is 11.3. The van der Waals surface area contributed by atoms with Crippen LogP contribution in [-0.2, 0) is 11.3 Å². The molecule has 5 nitrogen and oxygen atoms in total. The van der Waals surface area contributed by atoms with Gasteiger partial charge in [-0.3, -0.25) is 9.47 Å². The molecule has 1 fully saturated rings. The fraction of sp³-hybridized carbons (Fsp3) is 0.769. The van der Waals surface area contributed by atoms with E-state index in [1.807, 2.05) is 0 Å². The van der Waals surface area contributed by atoms with E-state index in [-0.39, 0.29) is 5.69 Å². The SMILES string of the molecule is CC(C)CC1COCCN1CCn1cc[nH]c1=O. The first-order valence-electron chi connectivity index (χ1n) is 6.72. The minimum atomic E-state index is -0.0244. The summed E-state index contributed by atoms with van der Waals surface area (Å²) >= 11 is 0. The molecule has 2 rings (SSSR count). The molecule has 1 aliphatic heterocycles. The van der Waals surface area contributed by atoms with Gasteiger partial charge in [-0.05, 0) is 12.3 Å². The number of aromatic nitrogens is 2. The van der Waals surface area contributed by atoms with Gasteiger partial charge in [0, 0.05) is 38.1 Å². The van der Waals surface area contributed by atoms with Crippen molar-refractivity contribution in [2.45, 2.75) is 32.9 Å². The van der Waals surface area contributed by atoms with Crippen LogP contribution in [0.5, 0.6) is 0 Å². The third-order valence-electron chi connectivity index (χ3n) is 3.44. The lowest BCUT2D eigenvalue weighted by Gasteiger charge is -2.36. The summed E-state index contributed by atoms with van der Waals surface area (Å²) in [5.41, 5.74) is -0.0244. The van der Waals surface area contributed by atoms with Crippen molar-refractivity contribution in [2.24, 2.45) is 5.92 Å². The lowest BCUT2D eigenvalue weighted by molar-refractivity contribution is -0.0159. The molecule has 18 heavy (non-hydrogen) atoms. The minimum Gasteiger partial charge on any atom is -0.378 e. The molecule has 0 aliphatic carbocycles. The van der Waals surface area contributed by atoms with Gasteiger partial charge in [-0.15, -0.1) is 0 Å². The molecule has 0 radical (unpaired) electrons. The highest BCUT2D eigenvalue weighted by molar-refractivity contribution is 4.79. The molecule has 1 unspecified atom stereocenters. The molecule has 0 amide bonds. The average molecular weight is 253 g/mol. The molecule has 0 bridgehead atoms. The Labute approximate surface area is 108 Å². The Morgan fingerprint density at radius 2 is 2.33 bits per heavy atom. The summed E-state index contributed by atoms with van der Waals surface area (Å²) in [6.07, 6.45) is 4.65. The van der Waals surface area contributed by atoms with E-state index in [0.29, 0.717) is 12.0 Å². The molecule has 1 atom stereocenters. The number of H-pyrrole nitrogens is 1. The van der Waals surface area contributed by atoms with Crippen LogP contribution in [0.25, 0.3) is 0 Å². The van der Waals surface area contributed by atoms with Gasteiger partial charge in [0.25, 0.3) is 0 Å². The summed E-state index contributed by atoms with van der Waals surface area (Å²) in [6, 6.07) is 0.494. The first kappa shape index (κ1) is 13.4. The lowest BCUT2D eigenvalue weighted by Crippen LogP contribution is -2.47. The van der Waals surface area contributed by atoms with Crippen LogP contribution in [0.1, 0.15) is 20.3 Å². The van der Waals surface area contributed by atoms with Crippen molar-refractivity contribution in [3.8, 4) is 0 Å². The van der Waals surface area contributed by atoms with Gasteiger partial charge in [-0.25, -0.2) is 4.79 Å². The predicted octanol–water partition coefficient (Wildman–Crippen LogP) is 0.923. The predicted molar refractivity (Wildman–Crippen MR) is 70.7 cm³/mol. The Bertz CT molecular complexity index is 410. The largest absolute Gasteiger partial charge is 0.378 e. The minimum absolute atomic E-state index is 0.0244. The van der Waals surface area contributed by atoms with Crippen LogP contribution in [0, 0.1) is 5.92 Å². The van der Waals surface area contributed by atoms with Crippen LogP contribution in [0.2, 0.25) is 0 Å². The van der Waals surface area contributed by atoms with E-state index in [4.69, 9.17) is 4.74 Å². The lowest BCUT2D eigenvalue weighted by atomic mass is 10.0. The van der Waals surface area contributed by atoms with Gasteiger partial charge in [0.05, 0.1) is 13.2 Å². The molecule has 0 saturated carbocycles. The van der Waals surface area contributed by atoms with Crippen molar-refractivity contribution in [3.63, 3.8) is 0 Å². The molecule has 1 aromatic rings. The Morgan fingerprint density at radius 1 is 1.50 bits per heavy atom. The smallest absolute Gasteiger partial charge is 0.325 e. The molecule has 1 N–H and O–H groups in total. The normalized spacial score (nSPS) is 21.6. The zero-order valence-corrected chi connectivity index (χ0v) is 11.3. The molecular formula is C13H23N3O2. The van der Waals surface area contributed by atoms with E-state index in [0.717, 1.165) is 39.3 Å². The highest BCUT2D eigenvalue weighted by Crippen LogP contribution is 2.15. The molecule has 1 aromatic heterocycles. The van der Waals surface area contributed by atoms with Gasteiger partial charge in [-0.1, -0.05) is 13.8 Å². The molecular weight excluding hydrogens is 230 g/mol. The number of ether oxygens (including phenoxy) is 1. The number of hydrogen-bond donors (Lipinski definition) is 1. The average Bonchev–Trinajstić information content (AvgIpc) is 2.73. The second-order valence-corrected chi connectivity index (χ2v) is 5.35. The van der Waals surface area contributed by atoms with Gasteiger partial charge in [0.1, 0.15) is 0 Å². The molecule has 0 aromatic carbocycles. The summed E-state index contributed by atoms with van der Waals surface area (Å²) < 4.78 is 7.28. The number of hydrogen-bond acceptors (Lipinski definition) is 3. The number of nitrogens with zero attached hydrogens (tertiary/aromatic N) is 2. The van der Waals surface area contributed by atoms with E-state index in [9.17, 15) is 4.79 Å². The maximum Gasteiger partial charge on any atom is 0.325 e.